The summed E-state index contributed by atoms with van der Waals surface area (Å²) in [7, 11) is 0. The number of nitrogens with one attached hydrogen (secondary N) is 1. The van der Waals surface area contributed by atoms with Gasteiger partial charge in [-0.3, -0.25) is 9.36 Å². The molecule has 2 N–H and O–H groups in total. The van der Waals surface area contributed by atoms with Gasteiger partial charge in [0.2, 0.25) is 0 Å². The number of allylic oxidation sites excluding steroid dienone is 2. The Bertz CT molecular complexity index is 756. The monoisotopic (exact) mass is 337 g/mol. The third-order valence-electron chi connectivity index (χ3n) is 2.51. The highest BCUT2D eigenvalue weighted by Gasteiger charge is 2.04. The fourth-order valence-corrected chi connectivity index (χ4v) is 1.81. The maximum absolute atomic E-state index is 12.3. The molecule has 1 heterocycles. The first-order valence-corrected chi connectivity index (χ1v) is 7.95. The molecule has 23 heavy (non-hydrogen) atoms. The van der Waals surface area contributed by atoms with Crippen molar-refractivity contribution in [3.05, 3.63) is 51.0 Å². The van der Waals surface area contributed by atoms with Gasteiger partial charge in [-0.05, 0) is 31.3 Å². The number of rotatable bonds is 4. The summed E-state index contributed by atoms with van der Waals surface area (Å²) in [6.07, 6.45) is 6.24. The first-order chi connectivity index (χ1) is 11.1. The van der Waals surface area contributed by atoms with Gasteiger partial charge in [-0.15, -0.1) is 0 Å². The highest BCUT2D eigenvalue weighted by Crippen LogP contribution is 1.86. The van der Waals surface area contributed by atoms with Crippen molar-refractivity contribution in [2.45, 2.75) is 41.2 Å². The SMILES string of the molecule is C=C/C=c1/c(=O)n(C/C(C=C)=N/O)c(=S)[nH]/c1=C/C.CC.CC. The Hall–Kier alpha value is -2.21. The average molecular weight is 337 g/mol. The zero-order valence-electron chi connectivity index (χ0n) is 14.6. The zero-order chi connectivity index (χ0) is 18.4. The molecule has 0 aromatic carbocycles. The van der Waals surface area contributed by atoms with E-state index in [1.807, 2.05) is 27.7 Å². The lowest BCUT2D eigenvalue weighted by Crippen LogP contribution is -2.47. The molecule has 1 aromatic heterocycles. The lowest BCUT2D eigenvalue weighted by molar-refractivity contribution is 0.317. The van der Waals surface area contributed by atoms with Crippen LogP contribution in [0.3, 0.4) is 0 Å². The first kappa shape index (κ1) is 23.1. The molecule has 0 atom stereocenters. The molecular formula is C17H27N3O2S. The standard InChI is InChI=1S/C13H15N3O2S.2C2H6/c1-4-7-10-11(6-3)14-13(19)16(12(10)17)8-9(5-2)15-18;2*1-2/h4-7,18H,1-2,8H2,3H3,(H,14,19);2*1-2H3/b10-7+,11-6+,15-9+;;. The van der Waals surface area contributed by atoms with E-state index in [-0.39, 0.29) is 22.6 Å². The topological polar surface area (TPSA) is 70.4 Å². The van der Waals surface area contributed by atoms with Crippen LogP contribution in [0, 0.1) is 4.77 Å². The van der Waals surface area contributed by atoms with E-state index in [0.29, 0.717) is 10.6 Å². The van der Waals surface area contributed by atoms with Crippen molar-refractivity contribution in [2.24, 2.45) is 5.16 Å². The Morgan fingerprint density at radius 2 is 1.91 bits per heavy atom. The van der Waals surface area contributed by atoms with Crippen LogP contribution in [0.25, 0.3) is 12.2 Å². The molecule has 0 spiro atoms. The van der Waals surface area contributed by atoms with E-state index in [1.165, 1.54) is 16.7 Å². The van der Waals surface area contributed by atoms with Crippen molar-refractivity contribution in [3.63, 3.8) is 0 Å². The van der Waals surface area contributed by atoms with E-state index < -0.39 is 0 Å². The van der Waals surface area contributed by atoms with Crippen molar-refractivity contribution in [1.82, 2.24) is 9.55 Å². The van der Waals surface area contributed by atoms with Crippen LogP contribution in [-0.4, -0.2) is 20.5 Å². The molecule has 0 amide bonds. The van der Waals surface area contributed by atoms with Crippen LogP contribution >= 0.6 is 12.2 Å². The summed E-state index contributed by atoms with van der Waals surface area (Å²) in [6.45, 7) is 16.9. The van der Waals surface area contributed by atoms with Gasteiger partial charge in [0.25, 0.3) is 5.56 Å². The van der Waals surface area contributed by atoms with Gasteiger partial charge in [0, 0.05) is 5.35 Å². The highest BCUT2D eigenvalue weighted by molar-refractivity contribution is 7.71. The molecule has 5 nitrogen and oxygen atoms in total. The number of aromatic amines is 1. The fraction of sp³-hybridized carbons (Fsp3) is 0.353. The lowest BCUT2D eigenvalue weighted by Gasteiger charge is -2.05. The van der Waals surface area contributed by atoms with E-state index in [9.17, 15) is 4.79 Å². The van der Waals surface area contributed by atoms with Gasteiger partial charge in [0.1, 0.15) is 0 Å². The number of nitrogens with zero attached hydrogens (tertiary/aromatic N) is 2. The van der Waals surface area contributed by atoms with E-state index >= 15 is 0 Å². The highest BCUT2D eigenvalue weighted by atomic mass is 32.1. The molecular weight excluding hydrogens is 310 g/mol. The Labute approximate surface area is 142 Å². The predicted octanol–water partition coefficient (Wildman–Crippen LogP) is 2.74. The molecule has 0 aliphatic rings. The van der Waals surface area contributed by atoms with Crippen molar-refractivity contribution in [1.29, 1.82) is 0 Å². The van der Waals surface area contributed by atoms with Crippen molar-refractivity contribution in [2.75, 3.05) is 0 Å². The smallest absolute Gasteiger partial charge is 0.262 e. The van der Waals surface area contributed by atoms with E-state index in [1.54, 1.807) is 19.1 Å². The molecule has 0 aliphatic carbocycles. The number of hydrogen-bond donors (Lipinski definition) is 2. The van der Waals surface area contributed by atoms with E-state index in [4.69, 9.17) is 17.4 Å². The molecule has 0 fully saturated rings. The predicted molar refractivity (Wildman–Crippen MR) is 102 cm³/mol. The summed E-state index contributed by atoms with van der Waals surface area (Å²) < 4.78 is 1.55. The van der Waals surface area contributed by atoms with Crippen LogP contribution in [-0.2, 0) is 6.54 Å². The van der Waals surface area contributed by atoms with Crippen LogP contribution in [0.15, 0.2) is 35.3 Å². The molecule has 128 valence electrons. The van der Waals surface area contributed by atoms with Gasteiger partial charge in [0.15, 0.2) is 4.77 Å². The Balaban J connectivity index is 0. The maximum Gasteiger partial charge on any atom is 0.262 e. The van der Waals surface area contributed by atoms with Crippen LogP contribution in [0.1, 0.15) is 34.6 Å². The minimum absolute atomic E-state index is 0.0517. The van der Waals surface area contributed by atoms with Gasteiger partial charge in [-0.2, -0.15) is 0 Å². The Kier molecular flexibility index (Phi) is 13.5. The van der Waals surface area contributed by atoms with Crippen molar-refractivity contribution < 1.29 is 5.21 Å². The molecule has 6 heteroatoms. The third kappa shape index (κ3) is 6.61. The largest absolute Gasteiger partial charge is 0.411 e. The summed E-state index contributed by atoms with van der Waals surface area (Å²) in [5.41, 5.74) is -0.0286. The van der Waals surface area contributed by atoms with E-state index in [2.05, 4.69) is 23.3 Å². The van der Waals surface area contributed by atoms with E-state index in [0.717, 1.165) is 0 Å². The second-order valence-electron chi connectivity index (χ2n) is 3.64. The molecule has 0 bridgehead atoms. The molecule has 0 saturated heterocycles. The Morgan fingerprint density at radius 1 is 1.35 bits per heavy atom. The normalized spacial score (nSPS) is 11.8. The zero-order valence-corrected chi connectivity index (χ0v) is 15.4. The first-order valence-electron chi connectivity index (χ1n) is 7.54. The van der Waals surface area contributed by atoms with Gasteiger partial charge >= 0.3 is 0 Å². The summed E-state index contributed by atoms with van der Waals surface area (Å²) in [6, 6.07) is 0. The van der Waals surface area contributed by atoms with Gasteiger partial charge < -0.3 is 10.2 Å². The summed E-state index contributed by atoms with van der Waals surface area (Å²) in [5.74, 6) is 0. The van der Waals surface area contributed by atoms with Crippen LogP contribution in [0.4, 0.5) is 0 Å². The number of H-pyrrole nitrogens is 1. The van der Waals surface area contributed by atoms with Gasteiger partial charge in [-0.1, -0.05) is 58.2 Å². The third-order valence-corrected chi connectivity index (χ3v) is 2.83. The summed E-state index contributed by atoms with van der Waals surface area (Å²) in [4.78, 5) is 15.3. The van der Waals surface area contributed by atoms with Gasteiger partial charge in [-0.25, -0.2) is 0 Å². The molecule has 0 saturated carbocycles. The maximum atomic E-state index is 12.3. The van der Waals surface area contributed by atoms with Crippen molar-refractivity contribution in [3.8, 4) is 0 Å². The number of hydrogen-bond acceptors (Lipinski definition) is 4. The molecule has 0 aliphatic heterocycles. The van der Waals surface area contributed by atoms with Gasteiger partial charge in [0.05, 0.1) is 17.5 Å². The van der Waals surface area contributed by atoms with Crippen LogP contribution in [0.5, 0.6) is 0 Å². The molecule has 1 rings (SSSR count). The average Bonchev–Trinajstić information content (AvgIpc) is 2.61. The second kappa shape index (κ2) is 13.5. The fourth-order valence-electron chi connectivity index (χ4n) is 1.55. The van der Waals surface area contributed by atoms with Crippen LogP contribution in [0.2, 0.25) is 0 Å². The quantitative estimate of drug-likeness (QED) is 0.384. The number of oxime groups is 1. The number of aromatic nitrogens is 2. The summed E-state index contributed by atoms with van der Waals surface area (Å²) >= 11 is 5.13. The Morgan fingerprint density at radius 3 is 2.30 bits per heavy atom. The second-order valence-corrected chi connectivity index (χ2v) is 4.02. The molecule has 0 unspecified atom stereocenters. The summed E-state index contributed by atoms with van der Waals surface area (Å²) in [5, 5.41) is 12.9. The lowest BCUT2D eigenvalue weighted by atomic mass is 10.3. The minimum Gasteiger partial charge on any atom is -0.411 e. The molecule has 0 radical (unpaired) electrons. The van der Waals surface area contributed by atoms with Crippen molar-refractivity contribution >= 4 is 30.1 Å². The minimum atomic E-state index is -0.278. The van der Waals surface area contributed by atoms with Crippen LogP contribution < -0.4 is 16.1 Å². The molecule has 1 aromatic rings.